The molecule has 17 heavy (non-hydrogen) atoms. The number of hydrogen-bond acceptors (Lipinski definition) is 2. The van der Waals surface area contributed by atoms with E-state index in [-0.39, 0.29) is 0 Å². The fraction of sp³-hybridized carbons (Fsp3) is 0.600. The summed E-state index contributed by atoms with van der Waals surface area (Å²) in [5.41, 5.74) is 0.772. The molecule has 0 fully saturated rings. The van der Waals surface area contributed by atoms with E-state index in [1.54, 1.807) is 0 Å². The normalized spacial score (nSPS) is 14.5. The van der Waals surface area contributed by atoms with E-state index in [0.717, 1.165) is 32.2 Å². The van der Waals surface area contributed by atoms with Gasteiger partial charge in [-0.3, -0.25) is 0 Å². The second-order valence-electron chi connectivity index (χ2n) is 5.01. The van der Waals surface area contributed by atoms with Gasteiger partial charge in [0.15, 0.2) is 0 Å². The summed E-state index contributed by atoms with van der Waals surface area (Å²) in [6, 6.07) is 10.5. The van der Waals surface area contributed by atoms with Crippen LogP contribution in [0.1, 0.15) is 38.7 Å². The number of rotatable bonds is 8. The van der Waals surface area contributed by atoms with Crippen LogP contribution in [0, 0.1) is 0 Å². The van der Waals surface area contributed by atoms with Gasteiger partial charge in [0.25, 0.3) is 0 Å². The molecule has 0 bridgehead atoms. The van der Waals surface area contributed by atoms with E-state index in [1.165, 1.54) is 5.56 Å². The van der Waals surface area contributed by atoms with Crippen molar-refractivity contribution < 1.29 is 5.11 Å². The summed E-state index contributed by atoms with van der Waals surface area (Å²) in [4.78, 5) is 0. The second-order valence-corrected chi connectivity index (χ2v) is 5.01. The molecule has 1 unspecified atom stereocenters. The zero-order valence-electron chi connectivity index (χ0n) is 11.1. The van der Waals surface area contributed by atoms with E-state index in [9.17, 15) is 5.11 Å². The van der Waals surface area contributed by atoms with E-state index in [2.05, 4.69) is 36.5 Å². The van der Waals surface area contributed by atoms with Crippen LogP contribution in [0.3, 0.4) is 0 Å². The lowest BCUT2D eigenvalue weighted by molar-refractivity contribution is 0.0491. The van der Waals surface area contributed by atoms with Crippen molar-refractivity contribution >= 4 is 0 Å². The van der Waals surface area contributed by atoms with E-state index < -0.39 is 5.60 Å². The van der Waals surface area contributed by atoms with Crippen molar-refractivity contribution in [3.8, 4) is 0 Å². The standard InChI is InChI=1S/C15H25NO/c1-3-12-16-13-15(2,17)11-7-10-14-8-5-4-6-9-14/h4-6,8-9,16-17H,3,7,10-13H2,1-2H3. The first-order valence-electron chi connectivity index (χ1n) is 6.61. The Kier molecular flexibility index (Phi) is 6.23. The van der Waals surface area contributed by atoms with Crippen molar-refractivity contribution in [3.05, 3.63) is 35.9 Å². The maximum Gasteiger partial charge on any atom is 0.0743 e. The van der Waals surface area contributed by atoms with Crippen LogP contribution in [0.15, 0.2) is 30.3 Å². The molecule has 0 radical (unpaired) electrons. The van der Waals surface area contributed by atoms with E-state index in [4.69, 9.17) is 0 Å². The zero-order chi connectivity index (χ0) is 12.6. The van der Waals surface area contributed by atoms with Crippen LogP contribution in [0.2, 0.25) is 0 Å². The molecule has 2 nitrogen and oxygen atoms in total. The molecule has 2 heteroatoms. The highest BCUT2D eigenvalue weighted by atomic mass is 16.3. The monoisotopic (exact) mass is 235 g/mol. The summed E-state index contributed by atoms with van der Waals surface area (Å²) in [5.74, 6) is 0. The Balaban J connectivity index is 2.20. The highest BCUT2D eigenvalue weighted by molar-refractivity contribution is 5.14. The molecule has 96 valence electrons. The molecule has 0 saturated carbocycles. The molecule has 0 amide bonds. The molecule has 1 aromatic carbocycles. The molecular weight excluding hydrogens is 210 g/mol. The molecular formula is C15H25NO. The molecule has 1 rings (SSSR count). The minimum atomic E-state index is -0.579. The van der Waals surface area contributed by atoms with Crippen LogP contribution in [-0.2, 0) is 6.42 Å². The Morgan fingerprint density at radius 2 is 1.94 bits per heavy atom. The predicted molar refractivity (Wildman–Crippen MR) is 73.2 cm³/mol. The minimum absolute atomic E-state index is 0.579. The van der Waals surface area contributed by atoms with Gasteiger partial charge in [-0.15, -0.1) is 0 Å². The first-order chi connectivity index (χ1) is 8.14. The third-order valence-electron chi connectivity index (χ3n) is 2.96. The number of aryl methyl sites for hydroxylation is 1. The first kappa shape index (κ1) is 14.2. The average Bonchev–Trinajstić information content (AvgIpc) is 2.30. The summed E-state index contributed by atoms with van der Waals surface area (Å²) >= 11 is 0. The van der Waals surface area contributed by atoms with E-state index >= 15 is 0 Å². The quantitative estimate of drug-likeness (QED) is 0.679. The number of nitrogens with one attached hydrogen (secondary N) is 1. The molecule has 1 aromatic rings. The van der Waals surface area contributed by atoms with Crippen molar-refractivity contribution in [3.63, 3.8) is 0 Å². The van der Waals surface area contributed by atoms with Gasteiger partial charge in [0.05, 0.1) is 5.60 Å². The van der Waals surface area contributed by atoms with Crippen LogP contribution >= 0.6 is 0 Å². The van der Waals surface area contributed by atoms with Gasteiger partial charge in [-0.1, -0.05) is 37.3 Å². The van der Waals surface area contributed by atoms with Gasteiger partial charge in [-0.25, -0.2) is 0 Å². The fourth-order valence-electron chi connectivity index (χ4n) is 1.94. The van der Waals surface area contributed by atoms with Crippen LogP contribution in [-0.4, -0.2) is 23.8 Å². The Morgan fingerprint density at radius 3 is 2.59 bits per heavy atom. The highest BCUT2D eigenvalue weighted by Gasteiger charge is 2.18. The zero-order valence-corrected chi connectivity index (χ0v) is 11.1. The molecule has 0 aliphatic rings. The molecule has 2 N–H and O–H groups in total. The number of hydrogen-bond donors (Lipinski definition) is 2. The largest absolute Gasteiger partial charge is 0.389 e. The van der Waals surface area contributed by atoms with Gasteiger partial charge < -0.3 is 10.4 Å². The van der Waals surface area contributed by atoms with Crippen molar-refractivity contribution in [2.75, 3.05) is 13.1 Å². The summed E-state index contributed by atoms with van der Waals surface area (Å²) < 4.78 is 0. The van der Waals surface area contributed by atoms with Gasteiger partial charge in [-0.05, 0) is 44.7 Å². The Labute approximate surface area is 105 Å². The van der Waals surface area contributed by atoms with Crippen molar-refractivity contribution in [2.45, 2.75) is 45.1 Å². The molecule has 0 aromatic heterocycles. The topological polar surface area (TPSA) is 32.3 Å². The van der Waals surface area contributed by atoms with Crippen LogP contribution in [0.4, 0.5) is 0 Å². The first-order valence-corrected chi connectivity index (χ1v) is 6.61. The maximum absolute atomic E-state index is 10.2. The smallest absolute Gasteiger partial charge is 0.0743 e. The SMILES string of the molecule is CCCNCC(C)(O)CCCc1ccccc1. The Morgan fingerprint density at radius 1 is 1.24 bits per heavy atom. The summed E-state index contributed by atoms with van der Waals surface area (Å²) in [5, 5.41) is 13.4. The molecule has 0 aliphatic heterocycles. The fourth-order valence-corrected chi connectivity index (χ4v) is 1.94. The van der Waals surface area contributed by atoms with Crippen molar-refractivity contribution in [2.24, 2.45) is 0 Å². The molecule has 0 saturated heterocycles. The molecule has 1 atom stereocenters. The lowest BCUT2D eigenvalue weighted by Crippen LogP contribution is -2.38. The minimum Gasteiger partial charge on any atom is -0.389 e. The third-order valence-corrected chi connectivity index (χ3v) is 2.96. The third kappa shape index (κ3) is 6.44. The second kappa shape index (κ2) is 7.46. The highest BCUT2D eigenvalue weighted by Crippen LogP contribution is 2.14. The van der Waals surface area contributed by atoms with E-state index in [1.807, 2.05) is 13.0 Å². The van der Waals surface area contributed by atoms with E-state index in [0.29, 0.717) is 6.54 Å². The van der Waals surface area contributed by atoms with Crippen molar-refractivity contribution in [1.29, 1.82) is 0 Å². The Bertz CT molecular complexity index is 295. The van der Waals surface area contributed by atoms with Crippen LogP contribution in [0.25, 0.3) is 0 Å². The van der Waals surface area contributed by atoms with Gasteiger partial charge in [0.2, 0.25) is 0 Å². The summed E-state index contributed by atoms with van der Waals surface area (Å²) in [6.07, 6.45) is 4.04. The molecule has 0 spiro atoms. The lowest BCUT2D eigenvalue weighted by Gasteiger charge is -2.23. The number of benzene rings is 1. The average molecular weight is 235 g/mol. The van der Waals surface area contributed by atoms with Gasteiger partial charge >= 0.3 is 0 Å². The van der Waals surface area contributed by atoms with Gasteiger partial charge in [-0.2, -0.15) is 0 Å². The van der Waals surface area contributed by atoms with Crippen LogP contribution < -0.4 is 5.32 Å². The maximum atomic E-state index is 10.2. The summed E-state index contributed by atoms with van der Waals surface area (Å²) in [7, 11) is 0. The predicted octanol–water partition coefficient (Wildman–Crippen LogP) is 2.76. The molecule has 0 heterocycles. The van der Waals surface area contributed by atoms with Crippen LogP contribution in [0.5, 0.6) is 0 Å². The number of aliphatic hydroxyl groups is 1. The van der Waals surface area contributed by atoms with Gasteiger partial charge in [0.1, 0.15) is 0 Å². The van der Waals surface area contributed by atoms with Crippen molar-refractivity contribution in [1.82, 2.24) is 5.32 Å². The summed E-state index contributed by atoms with van der Waals surface area (Å²) in [6.45, 7) is 5.72. The van der Waals surface area contributed by atoms with Gasteiger partial charge in [0, 0.05) is 6.54 Å². The molecule has 0 aliphatic carbocycles. The lowest BCUT2D eigenvalue weighted by atomic mass is 9.97. The Hall–Kier alpha value is -0.860.